The summed E-state index contributed by atoms with van der Waals surface area (Å²) in [6.07, 6.45) is 3.04. The molecule has 2 rings (SSSR count). The summed E-state index contributed by atoms with van der Waals surface area (Å²) in [5.74, 6) is 1.18. The molecule has 2 heterocycles. The fourth-order valence-electron chi connectivity index (χ4n) is 1.11. The van der Waals surface area contributed by atoms with Crippen molar-refractivity contribution in [2.24, 2.45) is 10.9 Å². The van der Waals surface area contributed by atoms with Gasteiger partial charge in [-0.25, -0.2) is 19.6 Å². The maximum absolute atomic E-state index is 8.46. The molecule has 16 heavy (non-hydrogen) atoms. The topological polar surface area (TPSA) is 115 Å². The Labute approximate surface area is 90.5 Å². The van der Waals surface area contributed by atoms with Gasteiger partial charge in [0.1, 0.15) is 12.2 Å². The third kappa shape index (κ3) is 1.80. The Morgan fingerprint density at radius 3 is 3.00 bits per heavy atom. The summed E-state index contributed by atoms with van der Waals surface area (Å²) in [6.45, 7) is 1.77. The number of aryl methyl sites for hydroxylation is 1. The van der Waals surface area contributed by atoms with E-state index in [0.717, 1.165) is 0 Å². The summed E-state index contributed by atoms with van der Waals surface area (Å²) in [6, 6.07) is 1.68. The van der Waals surface area contributed by atoms with Gasteiger partial charge in [-0.2, -0.15) is 0 Å². The predicted octanol–water partition coefficient (Wildman–Crippen LogP) is -0.540. The molecule has 0 saturated heterocycles. The lowest BCUT2D eigenvalue weighted by Gasteiger charge is -1.98. The molecule has 0 aromatic carbocycles. The summed E-state index contributed by atoms with van der Waals surface area (Å²) >= 11 is 0. The Balaban J connectivity index is 2.39. The zero-order valence-corrected chi connectivity index (χ0v) is 8.44. The highest BCUT2D eigenvalue weighted by molar-refractivity contribution is 5.93. The molecule has 0 atom stereocenters. The van der Waals surface area contributed by atoms with Crippen LogP contribution in [-0.4, -0.2) is 35.8 Å². The number of nitrogens with zero attached hydrogens (tertiary/aromatic N) is 6. The van der Waals surface area contributed by atoms with Crippen LogP contribution in [0, 0.1) is 6.92 Å². The summed E-state index contributed by atoms with van der Waals surface area (Å²) in [4.78, 5) is 12.0. The zero-order valence-electron chi connectivity index (χ0n) is 8.44. The molecule has 2 aromatic rings. The van der Waals surface area contributed by atoms with Gasteiger partial charge in [0.2, 0.25) is 11.7 Å². The van der Waals surface area contributed by atoms with Crippen LogP contribution in [0.2, 0.25) is 0 Å². The third-order valence-electron chi connectivity index (χ3n) is 1.82. The van der Waals surface area contributed by atoms with Crippen LogP contribution in [0.1, 0.15) is 11.6 Å². The second-order valence-corrected chi connectivity index (χ2v) is 2.96. The van der Waals surface area contributed by atoms with E-state index >= 15 is 0 Å². The Morgan fingerprint density at radius 2 is 2.31 bits per heavy atom. The molecule has 0 amide bonds. The first-order chi connectivity index (χ1) is 7.70. The normalized spacial score (nSPS) is 11.7. The van der Waals surface area contributed by atoms with Gasteiger partial charge in [-0.15, -0.1) is 5.10 Å². The minimum atomic E-state index is -0.149. The number of oxime groups is 1. The molecule has 0 bridgehead atoms. The maximum Gasteiger partial charge on any atom is 0.220 e. The molecule has 0 radical (unpaired) electrons. The Morgan fingerprint density at radius 1 is 1.50 bits per heavy atom. The number of rotatable bonds is 2. The minimum Gasteiger partial charge on any atom is -0.409 e. The van der Waals surface area contributed by atoms with E-state index in [2.05, 4.69) is 25.2 Å². The molecule has 0 unspecified atom stereocenters. The highest BCUT2D eigenvalue weighted by atomic mass is 16.4. The SMILES string of the molecule is Cc1nccc(-n2cnc(C(N)=NO)n2)n1. The number of amidine groups is 1. The van der Waals surface area contributed by atoms with Gasteiger partial charge in [-0.1, -0.05) is 5.16 Å². The quantitative estimate of drug-likeness (QED) is 0.303. The van der Waals surface area contributed by atoms with E-state index in [4.69, 9.17) is 10.9 Å². The van der Waals surface area contributed by atoms with Gasteiger partial charge < -0.3 is 10.9 Å². The van der Waals surface area contributed by atoms with Crippen molar-refractivity contribution < 1.29 is 5.21 Å². The van der Waals surface area contributed by atoms with Crippen molar-refractivity contribution >= 4 is 5.84 Å². The third-order valence-corrected chi connectivity index (χ3v) is 1.82. The lowest BCUT2D eigenvalue weighted by atomic mass is 10.5. The van der Waals surface area contributed by atoms with E-state index in [1.807, 2.05) is 0 Å². The molecule has 3 N–H and O–H groups in total. The minimum absolute atomic E-state index is 0.138. The maximum atomic E-state index is 8.46. The van der Waals surface area contributed by atoms with Crippen molar-refractivity contribution in [3.8, 4) is 5.82 Å². The van der Waals surface area contributed by atoms with E-state index < -0.39 is 0 Å². The van der Waals surface area contributed by atoms with Gasteiger partial charge in [0.25, 0.3) is 0 Å². The monoisotopic (exact) mass is 219 g/mol. The second kappa shape index (κ2) is 3.93. The van der Waals surface area contributed by atoms with Gasteiger partial charge in [-0.3, -0.25) is 0 Å². The van der Waals surface area contributed by atoms with Crippen molar-refractivity contribution in [2.75, 3.05) is 0 Å². The van der Waals surface area contributed by atoms with Gasteiger partial charge >= 0.3 is 0 Å². The standard InChI is InChI=1S/C8H9N7O/c1-5-10-3-2-6(12-5)15-4-11-8(13-15)7(9)14-16/h2-4,16H,1H3,(H2,9,14). The first-order valence-corrected chi connectivity index (χ1v) is 4.40. The lowest BCUT2D eigenvalue weighted by molar-refractivity contribution is 0.318. The van der Waals surface area contributed by atoms with Crippen molar-refractivity contribution in [3.63, 3.8) is 0 Å². The molecular formula is C8H9N7O. The molecule has 8 heteroatoms. The smallest absolute Gasteiger partial charge is 0.220 e. The Bertz CT molecular complexity index is 533. The largest absolute Gasteiger partial charge is 0.409 e. The molecule has 82 valence electrons. The summed E-state index contributed by atoms with van der Waals surface area (Å²) < 4.78 is 1.42. The van der Waals surface area contributed by atoms with Crippen LogP contribution in [0.25, 0.3) is 5.82 Å². The highest BCUT2D eigenvalue weighted by Crippen LogP contribution is 2.01. The first-order valence-electron chi connectivity index (χ1n) is 4.40. The molecule has 0 aliphatic heterocycles. The number of hydrogen-bond acceptors (Lipinski definition) is 6. The van der Waals surface area contributed by atoms with Crippen LogP contribution >= 0.6 is 0 Å². The van der Waals surface area contributed by atoms with Gasteiger partial charge in [0, 0.05) is 12.3 Å². The summed E-state index contributed by atoms with van der Waals surface area (Å²) in [5, 5.41) is 15.3. The molecule has 0 aliphatic carbocycles. The second-order valence-electron chi connectivity index (χ2n) is 2.96. The molecule has 0 spiro atoms. The van der Waals surface area contributed by atoms with Crippen LogP contribution in [0.4, 0.5) is 0 Å². The van der Waals surface area contributed by atoms with Crippen LogP contribution in [0.15, 0.2) is 23.7 Å². The number of hydrogen-bond donors (Lipinski definition) is 2. The van der Waals surface area contributed by atoms with E-state index in [1.54, 1.807) is 19.2 Å². The van der Waals surface area contributed by atoms with E-state index in [1.165, 1.54) is 11.0 Å². The van der Waals surface area contributed by atoms with Crippen LogP contribution in [-0.2, 0) is 0 Å². The molecule has 0 aliphatic rings. The van der Waals surface area contributed by atoms with Gasteiger partial charge in [0.05, 0.1) is 0 Å². The zero-order chi connectivity index (χ0) is 11.5. The molecule has 0 fully saturated rings. The Kier molecular flexibility index (Phi) is 2.46. The average Bonchev–Trinajstić information content (AvgIpc) is 2.77. The number of aromatic nitrogens is 5. The Hall–Kier alpha value is -2.51. The molecule has 0 saturated carbocycles. The van der Waals surface area contributed by atoms with Crippen LogP contribution in [0.3, 0.4) is 0 Å². The van der Waals surface area contributed by atoms with E-state index in [-0.39, 0.29) is 11.7 Å². The van der Waals surface area contributed by atoms with Gasteiger partial charge in [0.15, 0.2) is 5.82 Å². The van der Waals surface area contributed by atoms with Crippen molar-refractivity contribution in [1.82, 2.24) is 24.7 Å². The fourth-order valence-corrected chi connectivity index (χ4v) is 1.11. The molecule has 2 aromatic heterocycles. The molecule has 8 nitrogen and oxygen atoms in total. The van der Waals surface area contributed by atoms with Crippen molar-refractivity contribution in [2.45, 2.75) is 6.92 Å². The highest BCUT2D eigenvalue weighted by Gasteiger charge is 2.07. The summed E-state index contributed by atoms with van der Waals surface area (Å²) in [7, 11) is 0. The van der Waals surface area contributed by atoms with Crippen LogP contribution in [0.5, 0.6) is 0 Å². The van der Waals surface area contributed by atoms with E-state index in [9.17, 15) is 0 Å². The predicted molar refractivity (Wildman–Crippen MR) is 54.2 cm³/mol. The lowest BCUT2D eigenvalue weighted by Crippen LogP contribution is -2.15. The van der Waals surface area contributed by atoms with Gasteiger partial charge in [-0.05, 0) is 6.92 Å². The first kappa shape index (κ1) is 10.0. The average molecular weight is 219 g/mol. The van der Waals surface area contributed by atoms with Crippen molar-refractivity contribution in [3.05, 3.63) is 30.2 Å². The molecular weight excluding hydrogens is 210 g/mol. The number of nitrogens with two attached hydrogens (primary N) is 1. The fraction of sp³-hybridized carbons (Fsp3) is 0.125. The van der Waals surface area contributed by atoms with Crippen LogP contribution < -0.4 is 5.73 Å². The van der Waals surface area contributed by atoms with E-state index in [0.29, 0.717) is 11.6 Å². The van der Waals surface area contributed by atoms with Crippen molar-refractivity contribution in [1.29, 1.82) is 0 Å². The summed E-state index contributed by atoms with van der Waals surface area (Å²) in [5.41, 5.74) is 5.34.